The standard InChI is InChI=1S/C22H24N4O5/c1-2-5-26-20(27)15-13-18-19(31-12-11-30-18)14-16(15)23-22(26)25-8-6-24(7-9-25)21(28)17-4-3-10-29-17/h3-4,10,13-14H,2,5-9,11-12H2,1H3. The van der Waals surface area contributed by atoms with Gasteiger partial charge in [-0.25, -0.2) is 4.98 Å². The van der Waals surface area contributed by atoms with Crippen LogP contribution in [-0.4, -0.2) is 59.8 Å². The maximum absolute atomic E-state index is 13.3. The molecule has 0 bridgehead atoms. The van der Waals surface area contributed by atoms with Gasteiger partial charge in [0.2, 0.25) is 5.95 Å². The summed E-state index contributed by atoms with van der Waals surface area (Å²) in [6.45, 7) is 5.76. The smallest absolute Gasteiger partial charge is 0.289 e. The number of piperazine rings is 1. The van der Waals surface area contributed by atoms with Crippen LogP contribution < -0.4 is 19.9 Å². The zero-order chi connectivity index (χ0) is 21.4. The molecule has 1 saturated heterocycles. The Kier molecular flexibility index (Phi) is 5.01. The molecule has 1 amide bonds. The molecule has 0 atom stereocenters. The van der Waals surface area contributed by atoms with Crippen molar-refractivity contribution in [2.75, 3.05) is 44.3 Å². The van der Waals surface area contributed by atoms with Crippen molar-refractivity contribution in [2.45, 2.75) is 19.9 Å². The summed E-state index contributed by atoms with van der Waals surface area (Å²) in [6, 6.07) is 6.89. The average molecular weight is 424 g/mol. The number of hydrogen-bond acceptors (Lipinski definition) is 7. The van der Waals surface area contributed by atoms with Gasteiger partial charge in [0.15, 0.2) is 17.3 Å². The largest absolute Gasteiger partial charge is 0.486 e. The number of rotatable bonds is 4. The second-order valence-corrected chi connectivity index (χ2v) is 7.64. The third-order valence-corrected chi connectivity index (χ3v) is 5.63. The van der Waals surface area contributed by atoms with Crippen molar-refractivity contribution in [3.05, 3.63) is 46.6 Å². The number of ether oxygens (including phenoxy) is 2. The normalized spacial score (nSPS) is 16.0. The number of carbonyl (C=O) groups excluding carboxylic acids is 1. The summed E-state index contributed by atoms with van der Waals surface area (Å²) in [5, 5.41) is 0.521. The second-order valence-electron chi connectivity index (χ2n) is 7.64. The van der Waals surface area contributed by atoms with E-state index in [9.17, 15) is 9.59 Å². The molecule has 0 unspecified atom stereocenters. The van der Waals surface area contributed by atoms with Crippen molar-refractivity contribution >= 4 is 22.8 Å². The number of nitrogens with zero attached hydrogens (tertiary/aromatic N) is 4. The first-order chi connectivity index (χ1) is 15.2. The summed E-state index contributed by atoms with van der Waals surface area (Å²) in [6.07, 6.45) is 2.31. The van der Waals surface area contributed by atoms with E-state index in [1.54, 1.807) is 33.7 Å². The van der Waals surface area contributed by atoms with Gasteiger partial charge < -0.3 is 23.7 Å². The molecule has 0 saturated carbocycles. The number of furan rings is 1. The van der Waals surface area contributed by atoms with Crippen molar-refractivity contribution in [3.63, 3.8) is 0 Å². The second kappa shape index (κ2) is 7.98. The van der Waals surface area contributed by atoms with Crippen molar-refractivity contribution in [2.24, 2.45) is 0 Å². The Bertz CT molecular complexity index is 1160. The zero-order valence-electron chi connectivity index (χ0n) is 17.4. The van der Waals surface area contributed by atoms with E-state index >= 15 is 0 Å². The van der Waals surface area contributed by atoms with E-state index in [2.05, 4.69) is 4.90 Å². The van der Waals surface area contributed by atoms with E-state index in [1.165, 1.54) is 6.26 Å². The molecule has 0 aliphatic carbocycles. The molecule has 3 aromatic rings. The molecule has 4 heterocycles. The summed E-state index contributed by atoms with van der Waals surface area (Å²) < 4.78 is 18.3. The Labute approximate surface area is 178 Å². The minimum atomic E-state index is -0.120. The molecule has 5 rings (SSSR count). The van der Waals surface area contributed by atoms with Gasteiger partial charge >= 0.3 is 0 Å². The first kappa shape index (κ1) is 19.5. The summed E-state index contributed by atoms with van der Waals surface area (Å²) in [5.74, 6) is 2.04. The lowest BCUT2D eigenvalue weighted by molar-refractivity contribution is 0.0714. The van der Waals surface area contributed by atoms with E-state index in [4.69, 9.17) is 18.9 Å². The highest BCUT2D eigenvalue weighted by atomic mass is 16.6. The van der Waals surface area contributed by atoms with Crippen LogP contribution in [0.5, 0.6) is 11.5 Å². The molecule has 0 N–H and O–H groups in total. The van der Waals surface area contributed by atoms with E-state index in [1.807, 2.05) is 6.92 Å². The van der Waals surface area contributed by atoms with Crippen LogP contribution in [0.2, 0.25) is 0 Å². The van der Waals surface area contributed by atoms with Crippen LogP contribution in [-0.2, 0) is 6.54 Å². The molecular weight excluding hydrogens is 400 g/mol. The third kappa shape index (κ3) is 3.49. The minimum Gasteiger partial charge on any atom is -0.486 e. The minimum absolute atomic E-state index is 0.0899. The van der Waals surface area contributed by atoms with Gasteiger partial charge in [-0.1, -0.05) is 6.92 Å². The maximum atomic E-state index is 13.3. The fraction of sp³-hybridized carbons (Fsp3) is 0.409. The van der Waals surface area contributed by atoms with E-state index in [0.717, 1.165) is 6.42 Å². The van der Waals surface area contributed by atoms with E-state index in [-0.39, 0.29) is 11.5 Å². The van der Waals surface area contributed by atoms with Gasteiger partial charge in [0.25, 0.3) is 11.5 Å². The third-order valence-electron chi connectivity index (χ3n) is 5.63. The molecule has 1 aromatic carbocycles. The zero-order valence-corrected chi connectivity index (χ0v) is 17.4. The first-order valence-corrected chi connectivity index (χ1v) is 10.6. The van der Waals surface area contributed by atoms with Crippen LogP contribution in [0.4, 0.5) is 5.95 Å². The van der Waals surface area contributed by atoms with Gasteiger partial charge in [0.05, 0.1) is 17.2 Å². The Morgan fingerprint density at radius 2 is 1.84 bits per heavy atom. The Morgan fingerprint density at radius 3 is 2.52 bits per heavy atom. The van der Waals surface area contributed by atoms with Crippen LogP contribution in [0.1, 0.15) is 23.9 Å². The Hall–Kier alpha value is -3.49. The van der Waals surface area contributed by atoms with Gasteiger partial charge in [0.1, 0.15) is 13.2 Å². The number of carbonyl (C=O) groups is 1. The molecule has 9 nitrogen and oxygen atoms in total. The van der Waals surface area contributed by atoms with Crippen LogP contribution >= 0.6 is 0 Å². The fourth-order valence-corrected chi connectivity index (χ4v) is 4.08. The topological polar surface area (TPSA) is 90.0 Å². The van der Waals surface area contributed by atoms with E-state index in [0.29, 0.717) is 80.0 Å². The predicted molar refractivity (Wildman–Crippen MR) is 114 cm³/mol. The van der Waals surface area contributed by atoms with E-state index < -0.39 is 0 Å². The number of fused-ring (bicyclic) bond motifs is 2. The monoisotopic (exact) mass is 424 g/mol. The highest BCUT2D eigenvalue weighted by Gasteiger charge is 2.27. The molecule has 162 valence electrons. The van der Waals surface area contributed by atoms with Crippen LogP contribution in [0.15, 0.2) is 39.7 Å². The summed E-state index contributed by atoms with van der Waals surface area (Å²) in [7, 11) is 0. The molecule has 0 radical (unpaired) electrons. The number of anilines is 1. The molecular formula is C22H24N4O5. The summed E-state index contributed by atoms with van der Waals surface area (Å²) >= 11 is 0. The van der Waals surface area contributed by atoms with Crippen LogP contribution in [0, 0.1) is 0 Å². The number of benzene rings is 1. The molecule has 9 heteroatoms. The highest BCUT2D eigenvalue weighted by molar-refractivity contribution is 5.91. The lowest BCUT2D eigenvalue weighted by atomic mass is 10.2. The molecule has 2 aliphatic heterocycles. The molecule has 0 spiro atoms. The van der Waals surface area contributed by atoms with Gasteiger partial charge in [-0.15, -0.1) is 0 Å². The predicted octanol–water partition coefficient (Wildman–Crippen LogP) is 2.13. The van der Waals surface area contributed by atoms with Crippen LogP contribution in [0.3, 0.4) is 0 Å². The van der Waals surface area contributed by atoms with Crippen molar-refractivity contribution in [3.8, 4) is 11.5 Å². The fourth-order valence-electron chi connectivity index (χ4n) is 4.08. The highest BCUT2D eigenvalue weighted by Crippen LogP contribution is 2.33. The first-order valence-electron chi connectivity index (χ1n) is 10.6. The van der Waals surface area contributed by atoms with Crippen molar-refractivity contribution in [1.29, 1.82) is 0 Å². The molecule has 31 heavy (non-hydrogen) atoms. The van der Waals surface area contributed by atoms with Gasteiger partial charge in [0, 0.05) is 38.8 Å². The van der Waals surface area contributed by atoms with Crippen LogP contribution in [0.25, 0.3) is 10.9 Å². The number of hydrogen-bond donors (Lipinski definition) is 0. The van der Waals surface area contributed by atoms with Crippen molar-refractivity contribution in [1.82, 2.24) is 14.5 Å². The van der Waals surface area contributed by atoms with Crippen molar-refractivity contribution < 1.29 is 18.7 Å². The Balaban J connectivity index is 1.47. The lowest BCUT2D eigenvalue weighted by Gasteiger charge is -2.36. The lowest BCUT2D eigenvalue weighted by Crippen LogP contribution is -2.50. The number of amides is 1. The SMILES string of the molecule is CCCn1c(N2CCN(C(=O)c3ccco3)CC2)nc2cc3c(cc2c1=O)OCCO3. The Morgan fingerprint density at radius 1 is 1.10 bits per heavy atom. The van der Waals surface area contributed by atoms with Gasteiger partial charge in [-0.2, -0.15) is 0 Å². The van der Waals surface area contributed by atoms with Gasteiger partial charge in [-0.3, -0.25) is 14.2 Å². The number of aromatic nitrogens is 2. The maximum Gasteiger partial charge on any atom is 0.289 e. The molecule has 1 fully saturated rings. The summed E-state index contributed by atoms with van der Waals surface area (Å²) in [5.41, 5.74) is 0.499. The quantitative estimate of drug-likeness (QED) is 0.634. The average Bonchev–Trinajstić information content (AvgIpc) is 3.34. The molecule has 2 aliphatic rings. The van der Waals surface area contributed by atoms with Gasteiger partial charge in [-0.05, 0) is 24.6 Å². The summed E-state index contributed by atoms with van der Waals surface area (Å²) in [4.78, 5) is 34.5. The molecule has 2 aromatic heterocycles.